The lowest BCUT2D eigenvalue weighted by molar-refractivity contribution is -0.147. The van der Waals surface area contributed by atoms with Crippen LogP contribution in [0.25, 0.3) is 0 Å². The van der Waals surface area contributed by atoms with Crippen molar-refractivity contribution in [2.45, 2.75) is 18.8 Å². The summed E-state index contributed by atoms with van der Waals surface area (Å²) in [6, 6.07) is 7.88. The number of hydrogen-bond donors (Lipinski definition) is 0. The molecule has 0 bridgehead atoms. The molecule has 15 heavy (non-hydrogen) atoms. The van der Waals surface area contributed by atoms with Gasteiger partial charge in [-0.2, -0.15) is 0 Å². The minimum Gasteiger partial charge on any atom is -0.497 e. The summed E-state index contributed by atoms with van der Waals surface area (Å²) in [5.41, 5.74) is 1.19. The second kappa shape index (κ2) is 4.34. The Morgan fingerprint density at radius 3 is 2.67 bits per heavy atom. The molecular formula is C12H14O3. The second-order valence-electron chi connectivity index (χ2n) is 3.68. The number of ether oxygens (including phenoxy) is 2. The van der Waals surface area contributed by atoms with Gasteiger partial charge in [0.25, 0.3) is 0 Å². The Morgan fingerprint density at radius 2 is 2.07 bits per heavy atom. The summed E-state index contributed by atoms with van der Waals surface area (Å²) in [6.07, 6.45) is 1.41. The third-order valence-corrected chi connectivity index (χ3v) is 2.73. The van der Waals surface area contributed by atoms with Gasteiger partial charge in [0, 0.05) is 0 Å². The van der Waals surface area contributed by atoms with E-state index in [2.05, 4.69) is 0 Å². The highest BCUT2D eigenvalue weighted by molar-refractivity contribution is 5.71. The number of methoxy groups -OCH3 is 1. The Kier molecular flexibility index (Phi) is 2.90. The standard InChI is InChI=1S/C12H14O3/c1-14-11-4-2-9(3-5-11)10-6-7-15-12(13)8-10/h2-5,10H,6-8H2,1H3/t10-/m1/s1. The van der Waals surface area contributed by atoms with Gasteiger partial charge >= 0.3 is 5.97 Å². The van der Waals surface area contributed by atoms with Crippen molar-refractivity contribution in [3.05, 3.63) is 29.8 Å². The molecule has 2 rings (SSSR count). The molecule has 1 heterocycles. The highest BCUT2D eigenvalue weighted by Crippen LogP contribution is 2.28. The van der Waals surface area contributed by atoms with Crippen LogP contribution in [0, 0.1) is 0 Å². The van der Waals surface area contributed by atoms with Crippen molar-refractivity contribution in [2.75, 3.05) is 13.7 Å². The first kappa shape index (κ1) is 10.0. The van der Waals surface area contributed by atoms with E-state index in [0.29, 0.717) is 18.9 Å². The van der Waals surface area contributed by atoms with E-state index in [9.17, 15) is 4.79 Å². The van der Waals surface area contributed by atoms with E-state index in [1.165, 1.54) is 5.56 Å². The molecule has 0 unspecified atom stereocenters. The molecule has 0 saturated carbocycles. The van der Waals surface area contributed by atoms with E-state index >= 15 is 0 Å². The van der Waals surface area contributed by atoms with Crippen molar-refractivity contribution in [3.8, 4) is 5.75 Å². The monoisotopic (exact) mass is 206 g/mol. The zero-order valence-corrected chi connectivity index (χ0v) is 8.73. The number of rotatable bonds is 2. The lowest BCUT2D eigenvalue weighted by Gasteiger charge is -2.21. The summed E-state index contributed by atoms with van der Waals surface area (Å²) < 4.78 is 10.00. The van der Waals surface area contributed by atoms with E-state index in [-0.39, 0.29) is 5.97 Å². The molecule has 0 radical (unpaired) electrons. The van der Waals surface area contributed by atoms with Crippen LogP contribution < -0.4 is 4.74 Å². The maximum atomic E-state index is 11.1. The van der Waals surface area contributed by atoms with Gasteiger partial charge in [0.2, 0.25) is 0 Å². The molecule has 3 nitrogen and oxygen atoms in total. The summed E-state index contributed by atoms with van der Waals surface area (Å²) in [6.45, 7) is 0.537. The number of cyclic esters (lactones) is 1. The minimum atomic E-state index is -0.0953. The smallest absolute Gasteiger partial charge is 0.306 e. The van der Waals surface area contributed by atoms with Crippen LogP contribution >= 0.6 is 0 Å². The molecule has 80 valence electrons. The third kappa shape index (κ3) is 2.29. The van der Waals surface area contributed by atoms with Gasteiger partial charge in [0.15, 0.2) is 0 Å². The molecule has 1 aromatic carbocycles. The van der Waals surface area contributed by atoms with Crippen LogP contribution in [0.1, 0.15) is 24.3 Å². The summed E-state index contributed by atoms with van der Waals surface area (Å²) in [5, 5.41) is 0. The summed E-state index contributed by atoms with van der Waals surface area (Å²) in [5.74, 6) is 1.05. The maximum absolute atomic E-state index is 11.1. The van der Waals surface area contributed by atoms with Gasteiger partial charge in [-0.25, -0.2) is 0 Å². The van der Waals surface area contributed by atoms with Crippen molar-refractivity contribution >= 4 is 5.97 Å². The van der Waals surface area contributed by atoms with Crippen LogP contribution in [0.15, 0.2) is 24.3 Å². The zero-order chi connectivity index (χ0) is 10.7. The van der Waals surface area contributed by atoms with E-state index in [0.717, 1.165) is 12.2 Å². The Labute approximate surface area is 89.0 Å². The van der Waals surface area contributed by atoms with E-state index in [4.69, 9.17) is 9.47 Å². The molecule has 1 fully saturated rings. The van der Waals surface area contributed by atoms with Gasteiger partial charge in [0.05, 0.1) is 20.1 Å². The lowest BCUT2D eigenvalue weighted by Crippen LogP contribution is -2.19. The predicted octanol–water partition coefficient (Wildman–Crippen LogP) is 2.12. The molecule has 0 spiro atoms. The first-order chi connectivity index (χ1) is 7.29. The van der Waals surface area contributed by atoms with Crippen LogP contribution in [0.2, 0.25) is 0 Å². The number of carbonyl (C=O) groups is 1. The first-order valence-corrected chi connectivity index (χ1v) is 5.09. The highest BCUT2D eigenvalue weighted by atomic mass is 16.5. The van der Waals surface area contributed by atoms with Crippen molar-refractivity contribution in [1.29, 1.82) is 0 Å². The van der Waals surface area contributed by atoms with Crippen molar-refractivity contribution in [2.24, 2.45) is 0 Å². The Bertz CT molecular complexity index is 342. The van der Waals surface area contributed by atoms with Gasteiger partial charge in [-0.1, -0.05) is 12.1 Å². The lowest BCUT2D eigenvalue weighted by atomic mass is 9.91. The molecule has 1 atom stereocenters. The molecule has 0 aliphatic carbocycles. The van der Waals surface area contributed by atoms with Crippen molar-refractivity contribution in [3.63, 3.8) is 0 Å². The molecule has 0 aromatic heterocycles. The van der Waals surface area contributed by atoms with E-state index in [1.54, 1.807) is 7.11 Å². The van der Waals surface area contributed by atoms with Crippen LogP contribution in [-0.2, 0) is 9.53 Å². The van der Waals surface area contributed by atoms with Crippen LogP contribution in [0.3, 0.4) is 0 Å². The Balaban J connectivity index is 2.11. The molecule has 1 aliphatic rings. The first-order valence-electron chi connectivity index (χ1n) is 5.09. The average Bonchev–Trinajstić information content (AvgIpc) is 2.29. The topological polar surface area (TPSA) is 35.5 Å². The zero-order valence-electron chi connectivity index (χ0n) is 8.73. The predicted molar refractivity (Wildman–Crippen MR) is 55.9 cm³/mol. The average molecular weight is 206 g/mol. The van der Waals surface area contributed by atoms with E-state index in [1.807, 2.05) is 24.3 Å². The summed E-state index contributed by atoms with van der Waals surface area (Å²) in [7, 11) is 1.65. The fourth-order valence-corrected chi connectivity index (χ4v) is 1.84. The molecule has 3 heteroatoms. The molecule has 1 aromatic rings. The van der Waals surface area contributed by atoms with Gasteiger partial charge in [-0.05, 0) is 30.0 Å². The van der Waals surface area contributed by atoms with Crippen LogP contribution in [-0.4, -0.2) is 19.7 Å². The van der Waals surface area contributed by atoms with Crippen molar-refractivity contribution in [1.82, 2.24) is 0 Å². The van der Waals surface area contributed by atoms with Gasteiger partial charge in [-0.15, -0.1) is 0 Å². The number of carbonyl (C=O) groups excluding carboxylic acids is 1. The van der Waals surface area contributed by atoms with Crippen LogP contribution in [0.5, 0.6) is 5.75 Å². The summed E-state index contributed by atoms with van der Waals surface area (Å²) in [4.78, 5) is 11.1. The fourth-order valence-electron chi connectivity index (χ4n) is 1.84. The molecule has 0 N–H and O–H groups in total. The minimum absolute atomic E-state index is 0.0953. The molecule has 1 saturated heterocycles. The van der Waals surface area contributed by atoms with Crippen LogP contribution in [0.4, 0.5) is 0 Å². The Morgan fingerprint density at radius 1 is 1.33 bits per heavy atom. The quantitative estimate of drug-likeness (QED) is 0.695. The van der Waals surface area contributed by atoms with Gasteiger partial charge in [-0.3, -0.25) is 4.79 Å². The largest absolute Gasteiger partial charge is 0.497 e. The van der Waals surface area contributed by atoms with Crippen molar-refractivity contribution < 1.29 is 14.3 Å². The maximum Gasteiger partial charge on any atom is 0.306 e. The summed E-state index contributed by atoms with van der Waals surface area (Å²) >= 11 is 0. The van der Waals surface area contributed by atoms with E-state index < -0.39 is 0 Å². The van der Waals surface area contributed by atoms with Gasteiger partial charge < -0.3 is 9.47 Å². The van der Waals surface area contributed by atoms with Gasteiger partial charge in [0.1, 0.15) is 5.75 Å². The molecular weight excluding hydrogens is 192 g/mol. The normalized spacial score (nSPS) is 20.9. The molecule has 1 aliphatic heterocycles. The number of benzene rings is 1. The fraction of sp³-hybridized carbons (Fsp3) is 0.417. The molecule has 0 amide bonds. The highest BCUT2D eigenvalue weighted by Gasteiger charge is 2.21. The SMILES string of the molecule is COc1ccc([C@@H]2CCOC(=O)C2)cc1. The number of esters is 1. The number of hydrogen-bond acceptors (Lipinski definition) is 3. The second-order valence-corrected chi connectivity index (χ2v) is 3.68. The third-order valence-electron chi connectivity index (χ3n) is 2.73. The Hall–Kier alpha value is -1.51.